The summed E-state index contributed by atoms with van der Waals surface area (Å²) in [5.41, 5.74) is 13.5. The minimum atomic E-state index is -0.142. The summed E-state index contributed by atoms with van der Waals surface area (Å²) >= 11 is 0. The molecule has 0 heterocycles. The van der Waals surface area contributed by atoms with E-state index in [0.29, 0.717) is 26.1 Å². The maximum atomic E-state index is 10.8. The van der Waals surface area contributed by atoms with Crippen LogP contribution >= 0.6 is 0 Å². The number of ether oxygens (including phenoxy) is 2. The van der Waals surface area contributed by atoms with Gasteiger partial charge < -0.3 is 19.7 Å². The lowest BCUT2D eigenvalue weighted by Gasteiger charge is -2.02. The van der Waals surface area contributed by atoms with E-state index in [4.69, 9.17) is 19.7 Å². The van der Waals surface area contributed by atoms with Gasteiger partial charge in [-0.2, -0.15) is 0 Å². The van der Waals surface area contributed by atoms with Gasteiger partial charge in [-0.3, -0.25) is 19.2 Å². The fourth-order valence-corrected chi connectivity index (χ4v) is 5.69. The van der Waals surface area contributed by atoms with Gasteiger partial charge >= 0.3 is 11.9 Å². The number of allylic oxidation sites excluding steroid dienone is 14. The third kappa shape index (κ3) is 87.2. The van der Waals surface area contributed by atoms with Crippen molar-refractivity contribution in [1.29, 1.82) is 0 Å². The summed E-state index contributed by atoms with van der Waals surface area (Å²) in [6.07, 6.45) is 34.9. The van der Waals surface area contributed by atoms with E-state index in [2.05, 4.69) is 60.2 Å². The van der Waals surface area contributed by atoms with Gasteiger partial charge in [0.25, 0.3) is 0 Å². The quantitative estimate of drug-likeness (QED) is 0.0215. The van der Waals surface area contributed by atoms with E-state index in [0.717, 1.165) is 139 Å². The number of carbonyl (C=O) groups excluding carboxylic acids is 4. The zero-order valence-corrected chi connectivity index (χ0v) is 49.3. The summed E-state index contributed by atoms with van der Waals surface area (Å²) in [5, 5.41) is 17.1. The Hall–Kier alpha value is -4.92. The van der Waals surface area contributed by atoms with Gasteiger partial charge in [-0.25, -0.2) is 0 Å². The molecule has 0 aromatic heterocycles. The van der Waals surface area contributed by atoms with Gasteiger partial charge in [0.1, 0.15) is 25.8 Å². The minimum Gasteiger partial charge on any atom is -0.461 e. The molecule has 0 saturated carbocycles. The summed E-state index contributed by atoms with van der Waals surface area (Å²) in [4.78, 5) is 41.6. The molecule has 0 unspecified atom stereocenters. The fraction of sp³-hybridized carbons (Fsp3) is 0.569. The summed E-state index contributed by atoms with van der Waals surface area (Å²) in [6.45, 7) is 50.0. The second-order valence-electron chi connectivity index (χ2n) is 19.3. The van der Waals surface area contributed by atoms with E-state index in [-0.39, 0.29) is 25.2 Å². The molecule has 2 N–H and O–H groups in total. The number of aliphatic hydroxyl groups is 2. The van der Waals surface area contributed by atoms with E-state index < -0.39 is 0 Å². The molecule has 0 radical (unpaired) electrons. The van der Waals surface area contributed by atoms with Crippen molar-refractivity contribution in [2.45, 2.75) is 218 Å². The van der Waals surface area contributed by atoms with Gasteiger partial charge in [0.05, 0.1) is 13.2 Å². The smallest absolute Gasteiger partial charge is 0.305 e. The number of rotatable bonds is 34. The van der Waals surface area contributed by atoms with Crippen molar-refractivity contribution < 1.29 is 38.9 Å². The summed E-state index contributed by atoms with van der Waals surface area (Å²) in [7, 11) is 0. The van der Waals surface area contributed by atoms with Crippen molar-refractivity contribution in [1.82, 2.24) is 0 Å². The lowest BCUT2D eigenvalue weighted by Crippen LogP contribution is -2.02. The van der Waals surface area contributed by atoms with Crippen LogP contribution in [-0.4, -0.2) is 61.2 Å². The Morgan fingerprint density at radius 2 is 0.658 bits per heavy atom. The molecular formula is C65H110O8. The molecule has 0 fully saturated rings. The normalized spacial score (nSPS) is 11.2. The second-order valence-corrected chi connectivity index (χ2v) is 19.3. The standard InChI is InChI=1S/C13H22O2.C12H20O2.2C10H18O.2C10H16O/c1-5-13(14)15-10-9-12(4)8-6-7-11(2)3;1-4-12(13)14-10-8-6-5-7-9-11(2)3;4*1-9(2)5-4-6-10(3)7-8-11/h9H,2,5-8,10H2,1,3-4H3;6,8H,2,4-5,7,9-10H2,1,3H3;2*7,11H,1,4-6,8H2,2-3H3;2*7-8H,1,4-6H2,2-3H3/b12-9+;8-6-;10-7+;10-7-;10-7+;10-7-. The Morgan fingerprint density at radius 1 is 0.384 bits per heavy atom. The van der Waals surface area contributed by atoms with Gasteiger partial charge in [0.15, 0.2) is 0 Å². The lowest BCUT2D eigenvalue weighted by atomic mass is 10.1. The Morgan fingerprint density at radius 3 is 0.932 bits per heavy atom. The molecule has 0 amide bonds. The first kappa shape index (κ1) is 79.5. The maximum absolute atomic E-state index is 10.8. The lowest BCUT2D eigenvalue weighted by molar-refractivity contribution is -0.142. The monoisotopic (exact) mass is 1020 g/mol. The molecule has 73 heavy (non-hydrogen) atoms. The van der Waals surface area contributed by atoms with Gasteiger partial charge in [-0.05, 0) is 210 Å². The van der Waals surface area contributed by atoms with Crippen molar-refractivity contribution in [3.8, 4) is 0 Å². The number of hydrogen-bond donors (Lipinski definition) is 2. The van der Waals surface area contributed by atoms with Gasteiger partial charge in [-0.1, -0.05) is 99.5 Å². The Balaban J connectivity index is -0.000000185. The van der Waals surface area contributed by atoms with Crippen LogP contribution in [0.3, 0.4) is 0 Å². The summed E-state index contributed by atoms with van der Waals surface area (Å²) in [6, 6.07) is 0. The van der Waals surface area contributed by atoms with Crippen LogP contribution in [0, 0.1) is 0 Å². The number of aliphatic hydroxyl groups excluding tert-OH is 2. The SMILES string of the molecule is C=C(C)CCC/C(C)=C/C=O.C=C(C)CCC/C(C)=C/CO.C=C(C)CCC/C(C)=C/COC(=O)CC.C=C(C)CCC/C(C)=C\C=O.C=C(C)CCC/C(C)=C\CO.C=C(C)CCC/C=C\COC(=O)CC. The molecule has 0 aromatic carbocycles. The molecule has 0 saturated heterocycles. The predicted octanol–water partition coefficient (Wildman–Crippen LogP) is 18.0. The van der Waals surface area contributed by atoms with E-state index in [1.54, 1.807) is 26.0 Å². The molecule has 0 spiro atoms. The molecule has 0 rings (SSSR count). The summed E-state index contributed by atoms with van der Waals surface area (Å²) in [5.74, 6) is -0.280. The Bertz CT molecular complexity index is 1630. The van der Waals surface area contributed by atoms with Crippen molar-refractivity contribution in [3.05, 3.63) is 143 Å². The molecule has 0 aliphatic rings. The molecule has 8 heteroatoms. The highest BCUT2D eigenvalue weighted by atomic mass is 16.5. The number of carbonyl (C=O) groups is 4. The molecule has 8 nitrogen and oxygen atoms in total. The van der Waals surface area contributed by atoms with E-state index >= 15 is 0 Å². The first-order valence-electron chi connectivity index (χ1n) is 26.6. The van der Waals surface area contributed by atoms with Crippen molar-refractivity contribution >= 4 is 24.5 Å². The summed E-state index contributed by atoms with van der Waals surface area (Å²) < 4.78 is 9.83. The van der Waals surface area contributed by atoms with Gasteiger partial charge in [0.2, 0.25) is 0 Å². The van der Waals surface area contributed by atoms with Crippen molar-refractivity contribution in [3.63, 3.8) is 0 Å². The third-order valence-corrected chi connectivity index (χ3v) is 10.2. The van der Waals surface area contributed by atoms with E-state index in [1.165, 1.54) is 50.2 Å². The largest absolute Gasteiger partial charge is 0.461 e. The van der Waals surface area contributed by atoms with Crippen LogP contribution in [0.4, 0.5) is 0 Å². The zero-order chi connectivity index (χ0) is 57.3. The second kappa shape index (κ2) is 61.4. The predicted molar refractivity (Wildman–Crippen MR) is 319 cm³/mol. The van der Waals surface area contributed by atoms with Crippen LogP contribution in [-0.2, 0) is 28.7 Å². The van der Waals surface area contributed by atoms with Crippen molar-refractivity contribution in [2.24, 2.45) is 0 Å². The van der Waals surface area contributed by atoms with Crippen LogP contribution in [0.5, 0.6) is 0 Å². The van der Waals surface area contributed by atoms with Gasteiger partial charge in [-0.15, -0.1) is 39.5 Å². The Labute approximate surface area is 449 Å². The number of esters is 2. The van der Waals surface area contributed by atoms with Gasteiger partial charge in [0, 0.05) is 12.8 Å². The topological polar surface area (TPSA) is 127 Å². The zero-order valence-electron chi connectivity index (χ0n) is 49.3. The molecule has 0 bridgehead atoms. The van der Waals surface area contributed by atoms with Crippen LogP contribution in [0.25, 0.3) is 0 Å². The average molecular weight is 1020 g/mol. The number of unbranched alkanes of at least 4 members (excludes halogenated alkanes) is 1. The average Bonchev–Trinajstić information content (AvgIpc) is 3.29. The van der Waals surface area contributed by atoms with E-state index in [9.17, 15) is 19.2 Å². The number of hydrogen-bond acceptors (Lipinski definition) is 8. The molecule has 0 aliphatic carbocycles. The minimum absolute atomic E-state index is 0.138. The highest BCUT2D eigenvalue weighted by molar-refractivity contribution is 5.69. The molecule has 0 atom stereocenters. The van der Waals surface area contributed by atoms with Crippen LogP contribution in [0.1, 0.15) is 218 Å². The first-order valence-corrected chi connectivity index (χ1v) is 26.6. The molecule has 0 aliphatic heterocycles. The van der Waals surface area contributed by atoms with Crippen molar-refractivity contribution in [2.75, 3.05) is 26.4 Å². The van der Waals surface area contributed by atoms with Crippen LogP contribution in [0.15, 0.2) is 143 Å². The highest BCUT2D eigenvalue weighted by Crippen LogP contribution is 2.13. The maximum Gasteiger partial charge on any atom is 0.305 e. The highest BCUT2D eigenvalue weighted by Gasteiger charge is 1.98. The first-order chi connectivity index (χ1) is 34.4. The Kier molecular flexibility index (Phi) is 66.8. The van der Waals surface area contributed by atoms with Crippen LogP contribution < -0.4 is 0 Å². The fourth-order valence-electron chi connectivity index (χ4n) is 5.69. The molecule has 0 aromatic rings. The third-order valence-electron chi connectivity index (χ3n) is 10.2. The molecule has 418 valence electrons. The number of aldehydes is 2. The van der Waals surface area contributed by atoms with E-state index in [1.807, 2.05) is 85.8 Å². The molecular weight excluding hydrogens is 909 g/mol. The van der Waals surface area contributed by atoms with Crippen LogP contribution in [0.2, 0.25) is 0 Å².